The van der Waals surface area contributed by atoms with E-state index in [1.165, 1.54) is 12.1 Å². The third-order valence-electron chi connectivity index (χ3n) is 3.76. The zero-order valence-electron chi connectivity index (χ0n) is 14.4. The molecule has 0 aliphatic carbocycles. The van der Waals surface area contributed by atoms with E-state index in [4.69, 9.17) is 0 Å². The Labute approximate surface area is 147 Å². The number of carbonyl (C=O) groups excluding carboxylic acids is 1. The summed E-state index contributed by atoms with van der Waals surface area (Å²) in [5, 5.41) is 2.73. The average molecular weight is 364 g/mol. The first-order valence-corrected chi connectivity index (χ1v) is 9.61. The number of sulfonamides is 1. The third kappa shape index (κ3) is 5.29. The van der Waals surface area contributed by atoms with Crippen LogP contribution in [0.2, 0.25) is 0 Å². The fourth-order valence-corrected chi connectivity index (χ4v) is 3.22. The largest absolute Gasteiger partial charge is 0.348 e. The number of benzene rings is 2. The molecular formula is C18H21FN2O3S. The van der Waals surface area contributed by atoms with Gasteiger partial charge in [0.2, 0.25) is 15.9 Å². The molecule has 1 N–H and O–H groups in total. The minimum atomic E-state index is -3.61. The second-order valence-electron chi connectivity index (χ2n) is 5.95. The summed E-state index contributed by atoms with van der Waals surface area (Å²) in [5.41, 5.74) is 2.15. The molecule has 0 spiro atoms. The van der Waals surface area contributed by atoms with E-state index in [0.29, 0.717) is 5.69 Å². The SMILES string of the molecule is Cc1ccc(N(CC(=O)N[C@H](C)c2ccc(F)cc2)S(C)(=O)=O)cc1. The lowest BCUT2D eigenvalue weighted by molar-refractivity contribution is -0.120. The molecule has 25 heavy (non-hydrogen) atoms. The van der Waals surface area contributed by atoms with Gasteiger partial charge in [-0.25, -0.2) is 12.8 Å². The van der Waals surface area contributed by atoms with Crippen molar-refractivity contribution in [2.75, 3.05) is 17.1 Å². The molecule has 1 amide bonds. The van der Waals surface area contributed by atoms with E-state index in [1.54, 1.807) is 43.3 Å². The highest BCUT2D eigenvalue weighted by Gasteiger charge is 2.21. The molecule has 0 heterocycles. The van der Waals surface area contributed by atoms with Gasteiger partial charge in [0.25, 0.3) is 0 Å². The number of rotatable bonds is 6. The molecule has 2 aromatic rings. The van der Waals surface area contributed by atoms with Gasteiger partial charge < -0.3 is 5.32 Å². The van der Waals surface area contributed by atoms with Crippen LogP contribution in [-0.4, -0.2) is 27.1 Å². The van der Waals surface area contributed by atoms with Crippen LogP contribution in [0, 0.1) is 12.7 Å². The molecule has 0 saturated heterocycles. The van der Waals surface area contributed by atoms with Crippen molar-refractivity contribution in [3.63, 3.8) is 0 Å². The van der Waals surface area contributed by atoms with Gasteiger partial charge >= 0.3 is 0 Å². The van der Waals surface area contributed by atoms with Gasteiger partial charge in [0.15, 0.2) is 0 Å². The topological polar surface area (TPSA) is 66.5 Å². The lowest BCUT2D eigenvalue weighted by Crippen LogP contribution is -2.41. The van der Waals surface area contributed by atoms with Crippen molar-refractivity contribution in [2.45, 2.75) is 19.9 Å². The third-order valence-corrected chi connectivity index (χ3v) is 4.90. The molecule has 134 valence electrons. The van der Waals surface area contributed by atoms with Crippen LogP contribution in [0.15, 0.2) is 48.5 Å². The van der Waals surface area contributed by atoms with E-state index >= 15 is 0 Å². The molecule has 0 fully saturated rings. The normalized spacial score (nSPS) is 12.5. The fourth-order valence-electron chi connectivity index (χ4n) is 2.36. The van der Waals surface area contributed by atoms with Gasteiger partial charge in [-0.05, 0) is 43.7 Å². The summed E-state index contributed by atoms with van der Waals surface area (Å²) in [5.74, 6) is -0.798. The smallest absolute Gasteiger partial charge is 0.241 e. The highest BCUT2D eigenvalue weighted by atomic mass is 32.2. The van der Waals surface area contributed by atoms with Gasteiger partial charge in [-0.2, -0.15) is 0 Å². The number of hydrogen-bond acceptors (Lipinski definition) is 3. The van der Waals surface area contributed by atoms with Crippen molar-refractivity contribution in [1.29, 1.82) is 0 Å². The molecule has 2 rings (SSSR count). The van der Waals surface area contributed by atoms with Gasteiger partial charge in [-0.15, -0.1) is 0 Å². The zero-order valence-corrected chi connectivity index (χ0v) is 15.2. The Morgan fingerprint density at radius 1 is 1.12 bits per heavy atom. The van der Waals surface area contributed by atoms with Crippen molar-refractivity contribution in [3.8, 4) is 0 Å². The number of anilines is 1. The Morgan fingerprint density at radius 2 is 1.68 bits per heavy atom. The molecule has 0 radical (unpaired) electrons. The molecule has 2 aromatic carbocycles. The summed E-state index contributed by atoms with van der Waals surface area (Å²) in [7, 11) is -3.61. The number of nitrogens with zero attached hydrogens (tertiary/aromatic N) is 1. The number of amides is 1. The van der Waals surface area contributed by atoms with Crippen LogP contribution in [0.5, 0.6) is 0 Å². The quantitative estimate of drug-likeness (QED) is 0.857. The van der Waals surface area contributed by atoms with Crippen molar-refractivity contribution in [1.82, 2.24) is 5.32 Å². The molecule has 0 aromatic heterocycles. The molecule has 1 atom stereocenters. The first kappa shape index (κ1) is 18.9. The number of aryl methyl sites for hydroxylation is 1. The minimum Gasteiger partial charge on any atom is -0.348 e. The predicted octanol–water partition coefficient (Wildman–Crippen LogP) is 2.78. The molecule has 0 saturated carbocycles. The Hall–Kier alpha value is -2.41. The number of carbonyl (C=O) groups is 1. The number of hydrogen-bond donors (Lipinski definition) is 1. The van der Waals surface area contributed by atoms with E-state index in [1.807, 2.05) is 6.92 Å². The summed E-state index contributed by atoms with van der Waals surface area (Å²) in [6, 6.07) is 12.3. The van der Waals surface area contributed by atoms with E-state index < -0.39 is 15.9 Å². The second kappa shape index (κ2) is 7.65. The summed E-state index contributed by atoms with van der Waals surface area (Å²) in [6.45, 7) is 3.32. The number of halogens is 1. The van der Waals surface area contributed by atoms with E-state index in [0.717, 1.165) is 21.7 Å². The zero-order chi connectivity index (χ0) is 18.6. The molecular weight excluding hydrogens is 343 g/mol. The Bertz CT molecular complexity index is 834. The molecule has 5 nitrogen and oxygen atoms in total. The van der Waals surface area contributed by atoms with Crippen LogP contribution in [0.3, 0.4) is 0 Å². The Morgan fingerprint density at radius 3 is 2.20 bits per heavy atom. The van der Waals surface area contributed by atoms with Crippen LogP contribution in [0.1, 0.15) is 24.1 Å². The van der Waals surface area contributed by atoms with E-state index in [2.05, 4.69) is 5.32 Å². The highest BCUT2D eigenvalue weighted by molar-refractivity contribution is 7.92. The van der Waals surface area contributed by atoms with Crippen molar-refractivity contribution < 1.29 is 17.6 Å². The lowest BCUT2D eigenvalue weighted by atomic mass is 10.1. The van der Waals surface area contributed by atoms with Crippen LogP contribution in [0.4, 0.5) is 10.1 Å². The van der Waals surface area contributed by atoms with E-state index in [-0.39, 0.29) is 18.4 Å². The summed E-state index contributed by atoms with van der Waals surface area (Å²) in [6.07, 6.45) is 1.06. The van der Waals surface area contributed by atoms with Gasteiger partial charge in [0.1, 0.15) is 12.4 Å². The summed E-state index contributed by atoms with van der Waals surface area (Å²) in [4.78, 5) is 12.3. The molecule has 7 heteroatoms. The van der Waals surface area contributed by atoms with Gasteiger partial charge in [-0.1, -0.05) is 29.8 Å². The maximum absolute atomic E-state index is 13.0. The second-order valence-corrected chi connectivity index (χ2v) is 7.85. The van der Waals surface area contributed by atoms with Crippen molar-refractivity contribution in [2.24, 2.45) is 0 Å². The maximum atomic E-state index is 13.0. The Kier molecular flexibility index (Phi) is 5.79. The molecule has 0 bridgehead atoms. The van der Waals surface area contributed by atoms with Gasteiger partial charge in [-0.3, -0.25) is 9.10 Å². The van der Waals surface area contributed by atoms with Crippen LogP contribution < -0.4 is 9.62 Å². The van der Waals surface area contributed by atoms with Crippen LogP contribution in [0.25, 0.3) is 0 Å². The van der Waals surface area contributed by atoms with E-state index in [9.17, 15) is 17.6 Å². The van der Waals surface area contributed by atoms with Crippen molar-refractivity contribution >= 4 is 21.6 Å². The summed E-state index contributed by atoms with van der Waals surface area (Å²) < 4.78 is 38.1. The minimum absolute atomic E-state index is 0.326. The van der Waals surface area contributed by atoms with Crippen molar-refractivity contribution in [3.05, 3.63) is 65.5 Å². The molecule has 0 aliphatic rings. The standard InChI is InChI=1S/C18H21FN2O3S/c1-13-4-10-17(11-5-13)21(25(3,23)24)12-18(22)20-14(2)15-6-8-16(19)9-7-15/h4-11,14H,12H2,1-3H3,(H,20,22)/t14-/m1/s1. The predicted molar refractivity (Wildman–Crippen MR) is 96.3 cm³/mol. The first-order valence-electron chi connectivity index (χ1n) is 7.76. The monoisotopic (exact) mass is 364 g/mol. The molecule has 0 aliphatic heterocycles. The summed E-state index contributed by atoms with van der Waals surface area (Å²) >= 11 is 0. The Balaban J connectivity index is 2.12. The first-order chi connectivity index (χ1) is 11.7. The number of nitrogens with one attached hydrogen (secondary N) is 1. The fraction of sp³-hybridized carbons (Fsp3) is 0.278. The molecule has 0 unspecified atom stereocenters. The van der Waals surface area contributed by atoms with Gasteiger partial charge in [0.05, 0.1) is 18.0 Å². The highest BCUT2D eigenvalue weighted by Crippen LogP contribution is 2.18. The van der Waals surface area contributed by atoms with Crippen LogP contribution >= 0.6 is 0 Å². The van der Waals surface area contributed by atoms with Gasteiger partial charge in [0, 0.05) is 0 Å². The average Bonchev–Trinajstić information content (AvgIpc) is 2.53. The van der Waals surface area contributed by atoms with Crippen LogP contribution in [-0.2, 0) is 14.8 Å². The maximum Gasteiger partial charge on any atom is 0.241 e. The lowest BCUT2D eigenvalue weighted by Gasteiger charge is -2.23.